The Hall–Kier alpha value is -2.04. The van der Waals surface area contributed by atoms with Crippen molar-refractivity contribution in [1.82, 2.24) is 4.90 Å². The molecule has 5 heteroatoms. The zero-order valence-electron chi connectivity index (χ0n) is 12.5. The van der Waals surface area contributed by atoms with Crippen LogP contribution in [0.3, 0.4) is 0 Å². The highest BCUT2D eigenvalue weighted by Crippen LogP contribution is 2.23. The molecule has 0 spiro atoms. The van der Waals surface area contributed by atoms with Gasteiger partial charge in [0.1, 0.15) is 0 Å². The molecule has 5 nitrogen and oxygen atoms in total. The van der Waals surface area contributed by atoms with Crippen LogP contribution < -0.4 is 5.32 Å². The average Bonchev–Trinajstić information content (AvgIpc) is 2.78. The molecule has 114 valence electrons. The first-order chi connectivity index (χ1) is 9.95. The first-order valence-corrected chi connectivity index (χ1v) is 7.32. The normalized spacial score (nSPS) is 21.3. The van der Waals surface area contributed by atoms with Gasteiger partial charge in [0.25, 0.3) is 0 Å². The van der Waals surface area contributed by atoms with Crippen molar-refractivity contribution in [3.63, 3.8) is 0 Å². The van der Waals surface area contributed by atoms with E-state index in [1.807, 2.05) is 29.2 Å². The van der Waals surface area contributed by atoms with E-state index >= 15 is 0 Å². The maximum atomic E-state index is 12.1. The van der Waals surface area contributed by atoms with E-state index in [2.05, 4.69) is 19.2 Å². The molecule has 1 aromatic rings. The number of hydrogen-bond donors (Lipinski definition) is 2. The number of anilines is 1. The van der Waals surface area contributed by atoms with Gasteiger partial charge in [-0.15, -0.1) is 0 Å². The summed E-state index contributed by atoms with van der Waals surface area (Å²) in [6.45, 7) is 5.91. The monoisotopic (exact) mass is 290 g/mol. The second kappa shape index (κ2) is 6.61. The molecular formula is C16H22N2O3. The van der Waals surface area contributed by atoms with Crippen LogP contribution in [0.1, 0.15) is 25.8 Å². The molecule has 0 radical (unpaired) electrons. The zero-order valence-corrected chi connectivity index (χ0v) is 12.5. The van der Waals surface area contributed by atoms with Crippen molar-refractivity contribution in [3.05, 3.63) is 29.8 Å². The molecule has 21 heavy (non-hydrogen) atoms. The van der Waals surface area contributed by atoms with E-state index in [4.69, 9.17) is 5.11 Å². The smallest absolute Gasteiger partial charge is 0.321 e. The molecule has 0 aromatic heterocycles. The maximum Gasteiger partial charge on any atom is 0.321 e. The SMILES string of the molecule is CC1CN(C(=O)Nc2ccc(CCC(=O)O)cc2)CC1C. The number of rotatable bonds is 4. The van der Waals surface area contributed by atoms with E-state index in [1.165, 1.54) is 0 Å². The standard InChI is InChI=1S/C16H22N2O3/c1-11-9-18(10-12(11)2)16(21)17-14-6-3-13(4-7-14)5-8-15(19)20/h3-4,6-7,11-12H,5,8-10H2,1-2H3,(H,17,21)(H,19,20). The van der Waals surface area contributed by atoms with Gasteiger partial charge in [0, 0.05) is 25.2 Å². The molecule has 2 rings (SSSR count). The molecule has 0 saturated carbocycles. The molecule has 1 saturated heterocycles. The minimum Gasteiger partial charge on any atom is -0.481 e. The minimum absolute atomic E-state index is 0.0653. The van der Waals surface area contributed by atoms with Crippen molar-refractivity contribution in [3.8, 4) is 0 Å². The van der Waals surface area contributed by atoms with E-state index in [-0.39, 0.29) is 12.5 Å². The molecule has 2 N–H and O–H groups in total. The molecule has 1 aliphatic heterocycles. The van der Waals surface area contributed by atoms with Crippen LogP contribution in [0.4, 0.5) is 10.5 Å². The van der Waals surface area contributed by atoms with Crippen LogP contribution in [-0.4, -0.2) is 35.1 Å². The number of carbonyl (C=O) groups is 2. The minimum atomic E-state index is -0.801. The topological polar surface area (TPSA) is 69.6 Å². The molecule has 1 fully saturated rings. The van der Waals surface area contributed by atoms with Gasteiger partial charge in [-0.25, -0.2) is 4.79 Å². The Morgan fingerprint density at radius 3 is 2.29 bits per heavy atom. The lowest BCUT2D eigenvalue weighted by atomic mass is 10.0. The summed E-state index contributed by atoms with van der Waals surface area (Å²) in [5.74, 6) is 0.271. The number of benzene rings is 1. The third-order valence-electron chi connectivity index (χ3n) is 4.11. The number of hydrogen-bond acceptors (Lipinski definition) is 2. The Bertz CT molecular complexity index is 503. The number of carboxylic acid groups (broad SMARTS) is 1. The van der Waals surface area contributed by atoms with Crippen LogP contribution in [0.15, 0.2) is 24.3 Å². The number of amides is 2. The highest BCUT2D eigenvalue weighted by Gasteiger charge is 2.29. The Labute approximate surface area is 125 Å². The van der Waals surface area contributed by atoms with Gasteiger partial charge in [-0.2, -0.15) is 0 Å². The van der Waals surface area contributed by atoms with Gasteiger partial charge in [0.2, 0.25) is 0 Å². The van der Waals surface area contributed by atoms with Gasteiger partial charge in [0.15, 0.2) is 0 Å². The van der Waals surface area contributed by atoms with Gasteiger partial charge in [-0.1, -0.05) is 26.0 Å². The Morgan fingerprint density at radius 2 is 1.76 bits per heavy atom. The summed E-state index contributed by atoms with van der Waals surface area (Å²) in [4.78, 5) is 24.5. The number of likely N-dealkylation sites (tertiary alicyclic amines) is 1. The lowest BCUT2D eigenvalue weighted by Crippen LogP contribution is -2.33. The predicted octanol–water partition coefficient (Wildman–Crippen LogP) is 2.82. The van der Waals surface area contributed by atoms with Crippen molar-refractivity contribution in [2.45, 2.75) is 26.7 Å². The van der Waals surface area contributed by atoms with Gasteiger partial charge in [0.05, 0.1) is 0 Å². The molecule has 2 atom stereocenters. The van der Waals surface area contributed by atoms with E-state index < -0.39 is 5.97 Å². The first-order valence-electron chi connectivity index (χ1n) is 7.32. The third kappa shape index (κ3) is 4.21. The summed E-state index contributed by atoms with van der Waals surface area (Å²) in [6, 6.07) is 7.28. The highest BCUT2D eigenvalue weighted by molar-refractivity contribution is 5.89. The fourth-order valence-electron chi connectivity index (χ4n) is 2.50. The number of aryl methyl sites for hydroxylation is 1. The van der Waals surface area contributed by atoms with Crippen molar-refractivity contribution < 1.29 is 14.7 Å². The maximum absolute atomic E-state index is 12.1. The second-order valence-corrected chi connectivity index (χ2v) is 5.88. The second-order valence-electron chi connectivity index (χ2n) is 5.88. The lowest BCUT2D eigenvalue weighted by molar-refractivity contribution is -0.136. The number of carboxylic acids is 1. The molecule has 2 amide bonds. The average molecular weight is 290 g/mol. The van der Waals surface area contributed by atoms with E-state index in [9.17, 15) is 9.59 Å². The summed E-state index contributed by atoms with van der Waals surface area (Å²) >= 11 is 0. The fraction of sp³-hybridized carbons (Fsp3) is 0.500. The molecule has 0 bridgehead atoms. The molecule has 1 heterocycles. The van der Waals surface area contributed by atoms with Crippen molar-refractivity contribution in [1.29, 1.82) is 0 Å². The Balaban J connectivity index is 1.88. The van der Waals surface area contributed by atoms with Crippen LogP contribution in [0.25, 0.3) is 0 Å². The van der Waals surface area contributed by atoms with E-state index in [1.54, 1.807) is 0 Å². The summed E-state index contributed by atoms with van der Waals surface area (Å²) in [5, 5.41) is 11.5. The van der Waals surface area contributed by atoms with Gasteiger partial charge in [-0.05, 0) is 36.0 Å². The van der Waals surface area contributed by atoms with Crippen LogP contribution in [0.5, 0.6) is 0 Å². The van der Waals surface area contributed by atoms with Crippen molar-refractivity contribution in [2.75, 3.05) is 18.4 Å². The van der Waals surface area contributed by atoms with Crippen LogP contribution in [0, 0.1) is 11.8 Å². The third-order valence-corrected chi connectivity index (χ3v) is 4.11. The number of aliphatic carboxylic acids is 1. The largest absolute Gasteiger partial charge is 0.481 e. The van der Waals surface area contributed by atoms with E-state index in [0.29, 0.717) is 18.3 Å². The number of nitrogens with one attached hydrogen (secondary N) is 1. The fourth-order valence-corrected chi connectivity index (χ4v) is 2.50. The Morgan fingerprint density at radius 1 is 1.19 bits per heavy atom. The predicted molar refractivity (Wildman–Crippen MR) is 81.3 cm³/mol. The molecule has 0 aliphatic carbocycles. The molecule has 1 aromatic carbocycles. The zero-order chi connectivity index (χ0) is 15.4. The summed E-state index contributed by atoms with van der Waals surface area (Å²) < 4.78 is 0. The number of urea groups is 1. The quantitative estimate of drug-likeness (QED) is 0.896. The number of carbonyl (C=O) groups excluding carboxylic acids is 1. The molecule has 1 aliphatic rings. The van der Waals surface area contributed by atoms with Crippen LogP contribution >= 0.6 is 0 Å². The summed E-state index contributed by atoms with van der Waals surface area (Å²) in [6.07, 6.45) is 0.625. The summed E-state index contributed by atoms with van der Waals surface area (Å²) in [7, 11) is 0. The Kier molecular flexibility index (Phi) is 4.83. The van der Waals surface area contributed by atoms with Gasteiger partial charge >= 0.3 is 12.0 Å². The van der Waals surface area contributed by atoms with Crippen molar-refractivity contribution in [2.24, 2.45) is 11.8 Å². The number of nitrogens with zero attached hydrogens (tertiary/aromatic N) is 1. The lowest BCUT2D eigenvalue weighted by Gasteiger charge is -2.17. The van der Waals surface area contributed by atoms with Crippen LogP contribution in [0.2, 0.25) is 0 Å². The van der Waals surface area contributed by atoms with E-state index in [0.717, 1.165) is 24.3 Å². The summed E-state index contributed by atoms with van der Waals surface area (Å²) in [5.41, 5.74) is 1.70. The molecule has 2 unspecified atom stereocenters. The van der Waals surface area contributed by atoms with Gasteiger partial charge in [-0.3, -0.25) is 4.79 Å². The first kappa shape index (κ1) is 15.4. The highest BCUT2D eigenvalue weighted by atomic mass is 16.4. The van der Waals surface area contributed by atoms with Crippen LogP contribution in [-0.2, 0) is 11.2 Å². The van der Waals surface area contributed by atoms with Gasteiger partial charge < -0.3 is 15.3 Å². The van der Waals surface area contributed by atoms with Crippen molar-refractivity contribution >= 4 is 17.7 Å². The molecular weight excluding hydrogens is 268 g/mol.